The van der Waals surface area contributed by atoms with Crippen molar-refractivity contribution in [2.24, 2.45) is 0 Å². The number of nitrogens with zero attached hydrogens (tertiary/aromatic N) is 3. The van der Waals surface area contributed by atoms with Crippen molar-refractivity contribution >= 4 is 17.2 Å². The van der Waals surface area contributed by atoms with Crippen LogP contribution in [-0.4, -0.2) is 23.5 Å². The molecular formula is C22H22N4. The Hall–Kier alpha value is -3.27. The minimum atomic E-state index is 0.746. The second-order valence-corrected chi connectivity index (χ2v) is 6.52. The normalized spacial score (nSPS) is 10.8. The lowest BCUT2D eigenvalue weighted by molar-refractivity contribution is 1.08. The van der Waals surface area contributed by atoms with Gasteiger partial charge in [-0.05, 0) is 29.8 Å². The summed E-state index contributed by atoms with van der Waals surface area (Å²) in [5.41, 5.74) is 5.47. The van der Waals surface area contributed by atoms with Crippen LogP contribution in [0.4, 0.5) is 11.5 Å². The molecule has 0 atom stereocenters. The SMILES string of the molecule is CN(C)c1ccc(CNc2c(-c3ccccc3)nc3ccccn23)cc1. The first-order valence-electron chi connectivity index (χ1n) is 8.75. The molecule has 0 saturated heterocycles. The summed E-state index contributed by atoms with van der Waals surface area (Å²) in [6.45, 7) is 0.746. The molecule has 4 heteroatoms. The maximum absolute atomic E-state index is 4.83. The first-order chi connectivity index (χ1) is 12.7. The number of pyridine rings is 1. The number of fused-ring (bicyclic) bond motifs is 1. The molecule has 2 heterocycles. The molecule has 4 rings (SSSR count). The Kier molecular flexibility index (Phi) is 4.32. The summed E-state index contributed by atoms with van der Waals surface area (Å²) in [5, 5.41) is 3.59. The maximum Gasteiger partial charge on any atom is 0.139 e. The van der Waals surface area contributed by atoms with Crippen LogP contribution in [0.5, 0.6) is 0 Å². The van der Waals surface area contributed by atoms with E-state index >= 15 is 0 Å². The second-order valence-electron chi connectivity index (χ2n) is 6.52. The highest BCUT2D eigenvalue weighted by Crippen LogP contribution is 2.29. The molecule has 0 radical (unpaired) electrons. The molecule has 130 valence electrons. The van der Waals surface area contributed by atoms with Crippen LogP contribution in [0.15, 0.2) is 79.0 Å². The number of hydrogen-bond acceptors (Lipinski definition) is 3. The molecule has 0 bridgehead atoms. The predicted molar refractivity (Wildman–Crippen MR) is 109 cm³/mol. The van der Waals surface area contributed by atoms with E-state index in [2.05, 4.69) is 65.1 Å². The lowest BCUT2D eigenvalue weighted by Gasteiger charge is -2.13. The van der Waals surface area contributed by atoms with E-state index in [1.807, 2.05) is 42.6 Å². The molecule has 2 aromatic carbocycles. The van der Waals surface area contributed by atoms with Crippen molar-refractivity contribution in [3.05, 3.63) is 84.6 Å². The van der Waals surface area contributed by atoms with E-state index < -0.39 is 0 Å². The van der Waals surface area contributed by atoms with Gasteiger partial charge < -0.3 is 10.2 Å². The summed E-state index contributed by atoms with van der Waals surface area (Å²) in [7, 11) is 4.11. The fourth-order valence-electron chi connectivity index (χ4n) is 3.06. The zero-order valence-corrected chi connectivity index (χ0v) is 15.1. The van der Waals surface area contributed by atoms with Gasteiger partial charge in [-0.3, -0.25) is 4.40 Å². The van der Waals surface area contributed by atoms with Crippen LogP contribution in [0.3, 0.4) is 0 Å². The molecule has 1 N–H and O–H groups in total. The van der Waals surface area contributed by atoms with Crippen LogP contribution in [0, 0.1) is 0 Å². The van der Waals surface area contributed by atoms with E-state index in [4.69, 9.17) is 4.98 Å². The van der Waals surface area contributed by atoms with Crippen LogP contribution in [0.2, 0.25) is 0 Å². The zero-order valence-electron chi connectivity index (χ0n) is 15.1. The van der Waals surface area contributed by atoms with Gasteiger partial charge in [0, 0.05) is 38.1 Å². The van der Waals surface area contributed by atoms with Gasteiger partial charge >= 0.3 is 0 Å². The van der Waals surface area contributed by atoms with Gasteiger partial charge in [-0.15, -0.1) is 0 Å². The van der Waals surface area contributed by atoms with Gasteiger partial charge in [-0.1, -0.05) is 48.5 Å². The summed E-state index contributed by atoms with van der Waals surface area (Å²) in [4.78, 5) is 6.93. The molecule has 2 aromatic heterocycles. The average molecular weight is 342 g/mol. The lowest BCUT2D eigenvalue weighted by atomic mass is 10.1. The van der Waals surface area contributed by atoms with Crippen molar-refractivity contribution in [1.29, 1.82) is 0 Å². The second kappa shape index (κ2) is 6.92. The Morgan fingerprint density at radius 3 is 2.35 bits per heavy atom. The molecule has 4 nitrogen and oxygen atoms in total. The maximum atomic E-state index is 4.83. The quantitative estimate of drug-likeness (QED) is 0.571. The summed E-state index contributed by atoms with van der Waals surface area (Å²) in [6.07, 6.45) is 2.05. The van der Waals surface area contributed by atoms with Crippen molar-refractivity contribution in [3.8, 4) is 11.3 Å². The van der Waals surface area contributed by atoms with E-state index in [0.717, 1.165) is 29.3 Å². The molecule has 0 amide bonds. The van der Waals surface area contributed by atoms with E-state index in [1.54, 1.807) is 0 Å². The van der Waals surface area contributed by atoms with Crippen molar-refractivity contribution in [3.63, 3.8) is 0 Å². The van der Waals surface area contributed by atoms with E-state index in [9.17, 15) is 0 Å². The Morgan fingerprint density at radius 2 is 1.62 bits per heavy atom. The average Bonchev–Trinajstić information content (AvgIpc) is 3.06. The van der Waals surface area contributed by atoms with Crippen molar-refractivity contribution < 1.29 is 0 Å². The van der Waals surface area contributed by atoms with Gasteiger partial charge in [0.1, 0.15) is 17.2 Å². The van der Waals surface area contributed by atoms with Gasteiger partial charge in [0.25, 0.3) is 0 Å². The number of anilines is 2. The Labute approximate surface area is 153 Å². The standard InChI is InChI=1S/C22H22N4/c1-25(2)19-13-11-17(12-14-19)16-23-22-21(18-8-4-3-5-9-18)24-20-10-6-7-15-26(20)22/h3-15,23H,16H2,1-2H3. The molecule has 0 aliphatic carbocycles. The molecule has 0 aliphatic heterocycles. The molecule has 0 unspecified atom stereocenters. The number of imidazole rings is 1. The van der Waals surface area contributed by atoms with Gasteiger partial charge in [-0.25, -0.2) is 4.98 Å². The minimum absolute atomic E-state index is 0.746. The first kappa shape index (κ1) is 16.2. The highest BCUT2D eigenvalue weighted by atomic mass is 15.1. The third kappa shape index (κ3) is 3.14. The molecule has 26 heavy (non-hydrogen) atoms. The van der Waals surface area contributed by atoms with Gasteiger partial charge in [0.2, 0.25) is 0 Å². The van der Waals surface area contributed by atoms with Crippen LogP contribution < -0.4 is 10.2 Å². The fourth-order valence-corrected chi connectivity index (χ4v) is 3.06. The first-order valence-corrected chi connectivity index (χ1v) is 8.75. The van der Waals surface area contributed by atoms with Crippen molar-refractivity contribution in [1.82, 2.24) is 9.38 Å². The molecule has 0 saturated carbocycles. The van der Waals surface area contributed by atoms with Gasteiger partial charge in [0.15, 0.2) is 0 Å². The molecule has 0 fully saturated rings. The fraction of sp³-hybridized carbons (Fsp3) is 0.136. The van der Waals surface area contributed by atoms with Gasteiger partial charge in [0.05, 0.1) is 0 Å². The number of benzene rings is 2. The van der Waals surface area contributed by atoms with Crippen molar-refractivity contribution in [2.75, 3.05) is 24.3 Å². The number of nitrogens with one attached hydrogen (secondary N) is 1. The highest BCUT2D eigenvalue weighted by molar-refractivity contribution is 5.76. The Balaban J connectivity index is 1.67. The number of rotatable bonds is 5. The summed E-state index contributed by atoms with van der Waals surface area (Å²) in [6, 6.07) is 25.0. The minimum Gasteiger partial charge on any atom is -0.378 e. The summed E-state index contributed by atoms with van der Waals surface area (Å²) < 4.78 is 2.11. The van der Waals surface area contributed by atoms with Crippen LogP contribution in [-0.2, 0) is 6.54 Å². The molecule has 0 spiro atoms. The lowest BCUT2D eigenvalue weighted by Crippen LogP contribution is -2.08. The topological polar surface area (TPSA) is 32.6 Å². The van der Waals surface area contributed by atoms with Gasteiger partial charge in [-0.2, -0.15) is 0 Å². The molecule has 0 aliphatic rings. The monoisotopic (exact) mass is 342 g/mol. The zero-order chi connectivity index (χ0) is 17.9. The summed E-state index contributed by atoms with van der Waals surface area (Å²) >= 11 is 0. The third-order valence-corrected chi connectivity index (χ3v) is 4.49. The van der Waals surface area contributed by atoms with Crippen molar-refractivity contribution in [2.45, 2.75) is 6.54 Å². The highest BCUT2D eigenvalue weighted by Gasteiger charge is 2.13. The molecular weight excluding hydrogens is 320 g/mol. The molecule has 4 aromatic rings. The van der Waals surface area contributed by atoms with E-state index in [-0.39, 0.29) is 0 Å². The number of aromatic nitrogens is 2. The largest absolute Gasteiger partial charge is 0.378 e. The predicted octanol–water partition coefficient (Wildman–Crippen LogP) is 4.68. The van der Waals surface area contributed by atoms with Crippen LogP contribution in [0.25, 0.3) is 16.9 Å². The Morgan fingerprint density at radius 1 is 0.885 bits per heavy atom. The van der Waals surface area contributed by atoms with E-state index in [1.165, 1.54) is 11.3 Å². The summed E-state index contributed by atoms with van der Waals surface area (Å²) in [5.74, 6) is 1.02. The smallest absolute Gasteiger partial charge is 0.139 e. The van der Waals surface area contributed by atoms with Crippen LogP contribution >= 0.6 is 0 Å². The third-order valence-electron chi connectivity index (χ3n) is 4.49. The van der Waals surface area contributed by atoms with E-state index in [0.29, 0.717) is 0 Å². The van der Waals surface area contributed by atoms with Crippen LogP contribution in [0.1, 0.15) is 5.56 Å². The Bertz CT molecular complexity index is 1000. The number of hydrogen-bond donors (Lipinski definition) is 1.